The summed E-state index contributed by atoms with van der Waals surface area (Å²) in [5, 5.41) is 0. The first-order valence-corrected chi connectivity index (χ1v) is 7.58. The summed E-state index contributed by atoms with van der Waals surface area (Å²) >= 11 is 0. The molecule has 2 aliphatic rings. The lowest BCUT2D eigenvalue weighted by Gasteiger charge is -2.35. The van der Waals surface area contributed by atoms with E-state index in [2.05, 4.69) is 18.7 Å². The van der Waals surface area contributed by atoms with E-state index in [9.17, 15) is 4.79 Å². The molecular weight excluding hydrogens is 226 g/mol. The van der Waals surface area contributed by atoms with Crippen molar-refractivity contribution in [3.63, 3.8) is 0 Å². The van der Waals surface area contributed by atoms with Crippen LogP contribution in [-0.4, -0.2) is 43.0 Å². The predicted octanol–water partition coefficient (Wildman–Crippen LogP) is 2.49. The lowest BCUT2D eigenvalue weighted by atomic mass is 9.79. The quantitative estimate of drug-likeness (QED) is 0.771. The molecule has 0 aromatic rings. The third-order valence-electron chi connectivity index (χ3n) is 4.35. The van der Waals surface area contributed by atoms with Gasteiger partial charge in [-0.15, -0.1) is 0 Å². The second kappa shape index (κ2) is 6.67. The van der Waals surface area contributed by atoms with Crippen molar-refractivity contribution in [1.29, 1.82) is 0 Å². The number of Topliss-reactive ketones (excluding diaryl/α,β-unsaturated/α-hetero) is 1. The average Bonchev–Trinajstić information content (AvgIpc) is 2.39. The van der Waals surface area contributed by atoms with E-state index in [1.165, 1.54) is 12.8 Å². The van der Waals surface area contributed by atoms with Crippen LogP contribution in [0.3, 0.4) is 0 Å². The van der Waals surface area contributed by atoms with E-state index in [1.54, 1.807) is 0 Å². The second-order valence-corrected chi connectivity index (χ2v) is 6.03. The van der Waals surface area contributed by atoms with Crippen LogP contribution >= 0.6 is 0 Å². The maximum Gasteiger partial charge on any atom is 0.165 e. The van der Waals surface area contributed by atoms with Crippen LogP contribution in [0.4, 0.5) is 0 Å². The number of carbonyl (C=O) groups is 1. The van der Waals surface area contributed by atoms with Crippen molar-refractivity contribution in [3.05, 3.63) is 0 Å². The maximum absolute atomic E-state index is 12.5. The Balaban J connectivity index is 1.87. The van der Waals surface area contributed by atoms with Gasteiger partial charge in [-0.05, 0) is 31.7 Å². The number of ether oxygens (including phenoxy) is 1. The highest BCUT2D eigenvalue weighted by molar-refractivity contribution is 5.85. The molecule has 104 valence electrons. The van der Waals surface area contributed by atoms with Gasteiger partial charge in [0, 0.05) is 19.0 Å². The van der Waals surface area contributed by atoms with Crippen molar-refractivity contribution in [3.8, 4) is 0 Å². The summed E-state index contributed by atoms with van der Waals surface area (Å²) in [6.45, 7) is 8.07. The second-order valence-electron chi connectivity index (χ2n) is 6.03. The van der Waals surface area contributed by atoms with E-state index >= 15 is 0 Å². The molecule has 0 bridgehead atoms. The van der Waals surface area contributed by atoms with Crippen molar-refractivity contribution < 1.29 is 9.53 Å². The Morgan fingerprint density at radius 2 is 2.22 bits per heavy atom. The highest BCUT2D eigenvalue weighted by Gasteiger charge is 2.33. The Morgan fingerprint density at radius 3 is 2.94 bits per heavy atom. The molecule has 18 heavy (non-hydrogen) atoms. The fraction of sp³-hybridized carbons (Fsp3) is 0.933. The van der Waals surface area contributed by atoms with Crippen molar-refractivity contribution in [2.24, 2.45) is 11.8 Å². The Labute approximate surface area is 111 Å². The Hall–Kier alpha value is -0.410. The summed E-state index contributed by atoms with van der Waals surface area (Å²) in [5.41, 5.74) is 0. The first-order valence-electron chi connectivity index (χ1n) is 7.58. The van der Waals surface area contributed by atoms with Crippen molar-refractivity contribution in [1.82, 2.24) is 4.90 Å². The zero-order valence-corrected chi connectivity index (χ0v) is 11.9. The van der Waals surface area contributed by atoms with Gasteiger partial charge in [0.1, 0.15) is 6.10 Å². The molecule has 3 unspecified atom stereocenters. The molecule has 1 aliphatic heterocycles. The number of morpholine rings is 1. The lowest BCUT2D eigenvalue weighted by molar-refractivity contribution is -0.141. The standard InChI is InChI=1S/C15H27NO2/c1-3-7-16-8-9-18-14(11-16)15(17)13-6-4-5-12(2)10-13/h12-14H,3-11H2,1-2H3. The van der Waals surface area contributed by atoms with Crippen LogP contribution in [0.5, 0.6) is 0 Å². The van der Waals surface area contributed by atoms with Crippen molar-refractivity contribution in [2.45, 2.75) is 52.1 Å². The van der Waals surface area contributed by atoms with E-state index in [1.807, 2.05) is 0 Å². The third kappa shape index (κ3) is 3.55. The van der Waals surface area contributed by atoms with E-state index in [0.717, 1.165) is 45.5 Å². The minimum absolute atomic E-state index is 0.152. The Kier molecular flexibility index (Phi) is 5.19. The molecule has 0 amide bonds. The molecule has 3 nitrogen and oxygen atoms in total. The summed E-state index contributed by atoms with van der Waals surface area (Å²) in [6, 6.07) is 0. The van der Waals surface area contributed by atoms with Crippen molar-refractivity contribution >= 4 is 5.78 Å². The summed E-state index contributed by atoms with van der Waals surface area (Å²) in [6.07, 6.45) is 5.66. The zero-order chi connectivity index (χ0) is 13.0. The van der Waals surface area contributed by atoms with Gasteiger partial charge < -0.3 is 4.74 Å². The van der Waals surface area contributed by atoms with Gasteiger partial charge in [-0.25, -0.2) is 0 Å². The fourth-order valence-electron chi connectivity index (χ4n) is 3.35. The first-order chi connectivity index (χ1) is 8.70. The monoisotopic (exact) mass is 253 g/mol. The Morgan fingerprint density at radius 1 is 1.39 bits per heavy atom. The van der Waals surface area contributed by atoms with E-state index in [0.29, 0.717) is 11.7 Å². The van der Waals surface area contributed by atoms with E-state index < -0.39 is 0 Å². The molecule has 0 N–H and O–H groups in total. The fourth-order valence-corrected chi connectivity index (χ4v) is 3.35. The van der Waals surface area contributed by atoms with Gasteiger partial charge in [0.25, 0.3) is 0 Å². The number of rotatable bonds is 4. The molecule has 0 spiro atoms. The molecule has 1 aliphatic carbocycles. The number of carbonyl (C=O) groups excluding carboxylic acids is 1. The first kappa shape index (κ1) is 14.0. The summed E-state index contributed by atoms with van der Waals surface area (Å²) in [5.74, 6) is 1.35. The van der Waals surface area contributed by atoms with Gasteiger partial charge in [0.05, 0.1) is 6.61 Å². The maximum atomic E-state index is 12.5. The van der Waals surface area contributed by atoms with E-state index in [-0.39, 0.29) is 12.0 Å². The number of ketones is 1. The van der Waals surface area contributed by atoms with Crippen molar-refractivity contribution in [2.75, 3.05) is 26.2 Å². The topological polar surface area (TPSA) is 29.5 Å². The highest BCUT2D eigenvalue weighted by Crippen LogP contribution is 2.30. The largest absolute Gasteiger partial charge is 0.368 e. The molecule has 3 heteroatoms. The van der Waals surface area contributed by atoms with Crippen LogP contribution in [0.15, 0.2) is 0 Å². The molecule has 3 atom stereocenters. The normalized spacial score (nSPS) is 34.4. The van der Waals surface area contributed by atoms with Gasteiger partial charge in [0.2, 0.25) is 0 Å². The van der Waals surface area contributed by atoms with Gasteiger partial charge in [-0.2, -0.15) is 0 Å². The van der Waals surface area contributed by atoms with Crippen LogP contribution in [0.25, 0.3) is 0 Å². The van der Waals surface area contributed by atoms with Crippen LogP contribution in [-0.2, 0) is 9.53 Å². The minimum atomic E-state index is -0.152. The van der Waals surface area contributed by atoms with Gasteiger partial charge in [-0.1, -0.05) is 26.7 Å². The number of hydrogen-bond donors (Lipinski definition) is 0. The predicted molar refractivity (Wildman–Crippen MR) is 72.6 cm³/mol. The Bertz CT molecular complexity index is 278. The summed E-state index contributed by atoms with van der Waals surface area (Å²) < 4.78 is 5.71. The number of nitrogens with zero attached hydrogens (tertiary/aromatic N) is 1. The van der Waals surface area contributed by atoms with E-state index in [4.69, 9.17) is 4.74 Å². The SMILES string of the molecule is CCCN1CCOC(C(=O)C2CCCC(C)C2)C1. The van der Waals surface area contributed by atoms with Gasteiger partial charge in [0.15, 0.2) is 5.78 Å². The lowest BCUT2D eigenvalue weighted by Crippen LogP contribution is -2.48. The third-order valence-corrected chi connectivity index (χ3v) is 4.35. The van der Waals surface area contributed by atoms with Crippen LogP contribution < -0.4 is 0 Å². The molecule has 0 radical (unpaired) electrons. The molecule has 0 aromatic carbocycles. The minimum Gasteiger partial charge on any atom is -0.368 e. The molecule has 1 saturated carbocycles. The van der Waals surface area contributed by atoms with Gasteiger partial charge in [-0.3, -0.25) is 9.69 Å². The molecular formula is C15H27NO2. The summed E-state index contributed by atoms with van der Waals surface area (Å²) in [7, 11) is 0. The molecule has 2 fully saturated rings. The smallest absolute Gasteiger partial charge is 0.165 e. The van der Waals surface area contributed by atoms with Gasteiger partial charge >= 0.3 is 0 Å². The van der Waals surface area contributed by atoms with Crippen LogP contribution in [0.1, 0.15) is 46.0 Å². The zero-order valence-electron chi connectivity index (χ0n) is 11.9. The molecule has 1 heterocycles. The molecule has 0 aromatic heterocycles. The number of hydrogen-bond acceptors (Lipinski definition) is 3. The summed E-state index contributed by atoms with van der Waals surface area (Å²) in [4.78, 5) is 14.9. The average molecular weight is 253 g/mol. The highest BCUT2D eigenvalue weighted by atomic mass is 16.5. The molecule has 2 rings (SSSR count). The van der Waals surface area contributed by atoms with Crippen LogP contribution in [0.2, 0.25) is 0 Å². The molecule has 1 saturated heterocycles. The van der Waals surface area contributed by atoms with Crippen LogP contribution in [0, 0.1) is 11.8 Å².